The number of hydrogen-bond acceptors (Lipinski definition) is 6. The van der Waals surface area contributed by atoms with E-state index in [4.69, 9.17) is 13.9 Å². The van der Waals surface area contributed by atoms with Crippen LogP contribution < -0.4 is 20.1 Å². The van der Waals surface area contributed by atoms with Gasteiger partial charge in [-0.25, -0.2) is 4.98 Å². The van der Waals surface area contributed by atoms with Crippen molar-refractivity contribution in [1.82, 2.24) is 15.6 Å². The van der Waals surface area contributed by atoms with Crippen molar-refractivity contribution < 1.29 is 18.7 Å². The molecule has 1 unspecified atom stereocenters. The van der Waals surface area contributed by atoms with Crippen LogP contribution in [0.15, 0.2) is 29.0 Å². The third-order valence-electron chi connectivity index (χ3n) is 4.59. The zero-order valence-electron chi connectivity index (χ0n) is 14.7. The van der Waals surface area contributed by atoms with E-state index >= 15 is 0 Å². The normalized spacial score (nSPS) is 17.6. The van der Waals surface area contributed by atoms with Crippen molar-refractivity contribution in [1.29, 1.82) is 0 Å². The van der Waals surface area contributed by atoms with Crippen LogP contribution in [0.1, 0.15) is 23.3 Å². The highest BCUT2D eigenvalue weighted by Crippen LogP contribution is 2.35. The largest absolute Gasteiger partial charge is 0.486 e. The minimum atomic E-state index is -0.218. The van der Waals surface area contributed by atoms with Crippen LogP contribution in [0, 0.1) is 5.92 Å². The lowest BCUT2D eigenvalue weighted by molar-refractivity contribution is 0.0947. The SMILES string of the molecule is Cl.Cl.O=C(NCCC1CCNC1)c1ncoc1-c1ccc2c(c1)OCCO2. The molecule has 2 N–H and O–H groups in total. The number of oxazole rings is 1. The molecule has 1 amide bonds. The highest BCUT2D eigenvalue weighted by atomic mass is 35.5. The molecule has 2 aliphatic heterocycles. The maximum absolute atomic E-state index is 12.5. The average Bonchev–Trinajstić information content (AvgIpc) is 3.33. The van der Waals surface area contributed by atoms with E-state index in [1.165, 1.54) is 12.8 Å². The zero-order valence-corrected chi connectivity index (χ0v) is 16.4. The van der Waals surface area contributed by atoms with Crippen LogP contribution in [-0.4, -0.2) is 43.7 Å². The van der Waals surface area contributed by atoms with Crippen molar-refractivity contribution in [3.05, 3.63) is 30.3 Å². The van der Waals surface area contributed by atoms with Gasteiger partial charge in [0.05, 0.1) is 0 Å². The van der Waals surface area contributed by atoms with Crippen LogP contribution >= 0.6 is 24.8 Å². The third kappa shape index (κ3) is 4.86. The van der Waals surface area contributed by atoms with Gasteiger partial charge in [-0.3, -0.25) is 4.79 Å². The number of amides is 1. The average molecular weight is 416 g/mol. The van der Waals surface area contributed by atoms with E-state index in [1.807, 2.05) is 18.2 Å². The molecule has 1 atom stereocenters. The van der Waals surface area contributed by atoms with E-state index in [0.717, 1.165) is 25.1 Å². The lowest BCUT2D eigenvalue weighted by atomic mass is 10.1. The number of fused-ring (bicyclic) bond motifs is 1. The van der Waals surface area contributed by atoms with Gasteiger partial charge in [0.15, 0.2) is 29.3 Å². The highest BCUT2D eigenvalue weighted by Gasteiger charge is 2.21. The van der Waals surface area contributed by atoms with Gasteiger partial charge in [0, 0.05) is 12.1 Å². The van der Waals surface area contributed by atoms with Gasteiger partial charge in [-0.05, 0) is 50.0 Å². The first kappa shape index (κ1) is 21.3. The molecule has 1 aromatic carbocycles. The molecule has 3 heterocycles. The van der Waals surface area contributed by atoms with Crippen LogP contribution in [-0.2, 0) is 0 Å². The van der Waals surface area contributed by atoms with Crippen LogP contribution in [0.2, 0.25) is 0 Å². The summed E-state index contributed by atoms with van der Waals surface area (Å²) in [5.74, 6) is 2.21. The van der Waals surface area contributed by atoms with Crippen molar-refractivity contribution in [2.45, 2.75) is 12.8 Å². The molecule has 2 aromatic rings. The summed E-state index contributed by atoms with van der Waals surface area (Å²) in [6, 6.07) is 5.48. The standard InChI is InChI=1S/C18H21N3O4.2ClH/c22-18(20-6-4-12-3-5-19-10-12)16-17(25-11-21-16)13-1-2-14-15(9-13)24-8-7-23-14;;/h1-2,9,11-12,19H,3-8,10H2,(H,20,22);2*1H. The summed E-state index contributed by atoms with van der Waals surface area (Å²) in [4.78, 5) is 16.5. The Morgan fingerprint density at radius 1 is 1.22 bits per heavy atom. The Kier molecular flexibility index (Phi) is 7.77. The summed E-state index contributed by atoms with van der Waals surface area (Å²) in [6.07, 6.45) is 3.43. The van der Waals surface area contributed by atoms with Crippen LogP contribution in [0.3, 0.4) is 0 Å². The number of nitrogens with zero attached hydrogens (tertiary/aromatic N) is 1. The third-order valence-corrected chi connectivity index (χ3v) is 4.59. The van der Waals surface area contributed by atoms with Gasteiger partial charge >= 0.3 is 0 Å². The fourth-order valence-electron chi connectivity index (χ4n) is 3.23. The molecule has 1 saturated heterocycles. The smallest absolute Gasteiger partial charge is 0.273 e. The molecule has 0 radical (unpaired) electrons. The Hall–Kier alpha value is -1.96. The van der Waals surface area contributed by atoms with E-state index in [2.05, 4.69) is 15.6 Å². The molecule has 4 rings (SSSR count). The molecule has 2 aliphatic rings. The first-order valence-electron chi connectivity index (χ1n) is 8.63. The van der Waals surface area contributed by atoms with Crippen LogP contribution in [0.5, 0.6) is 11.5 Å². The van der Waals surface area contributed by atoms with Crippen LogP contribution in [0.4, 0.5) is 0 Å². The molecule has 27 heavy (non-hydrogen) atoms. The zero-order chi connectivity index (χ0) is 17.1. The van der Waals surface area contributed by atoms with Gasteiger partial charge in [-0.1, -0.05) is 0 Å². The first-order chi connectivity index (χ1) is 12.3. The molecule has 148 valence electrons. The summed E-state index contributed by atoms with van der Waals surface area (Å²) in [5.41, 5.74) is 1.04. The van der Waals surface area contributed by atoms with E-state index < -0.39 is 0 Å². The number of hydrogen-bond donors (Lipinski definition) is 2. The number of carbonyl (C=O) groups excluding carboxylic acids is 1. The molecule has 0 spiro atoms. The first-order valence-corrected chi connectivity index (χ1v) is 8.63. The highest BCUT2D eigenvalue weighted by molar-refractivity contribution is 5.97. The second-order valence-electron chi connectivity index (χ2n) is 6.29. The summed E-state index contributed by atoms with van der Waals surface area (Å²) in [6.45, 7) is 3.78. The lowest BCUT2D eigenvalue weighted by Crippen LogP contribution is -2.27. The summed E-state index contributed by atoms with van der Waals surface area (Å²) >= 11 is 0. The molecular formula is C18H23Cl2N3O4. The number of halogens is 2. The second-order valence-corrected chi connectivity index (χ2v) is 6.29. The molecule has 1 aromatic heterocycles. The van der Waals surface area contributed by atoms with E-state index in [0.29, 0.717) is 48.6 Å². The summed E-state index contributed by atoms with van der Waals surface area (Å²) in [7, 11) is 0. The number of nitrogens with one attached hydrogen (secondary N) is 2. The van der Waals surface area contributed by atoms with Gasteiger partial charge in [0.1, 0.15) is 13.2 Å². The number of aromatic nitrogens is 1. The van der Waals surface area contributed by atoms with Gasteiger partial charge in [-0.15, -0.1) is 24.8 Å². The predicted molar refractivity (Wildman–Crippen MR) is 105 cm³/mol. The van der Waals surface area contributed by atoms with Crippen molar-refractivity contribution in [2.75, 3.05) is 32.8 Å². The molecule has 7 nitrogen and oxygen atoms in total. The van der Waals surface area contributed by atoms with Crippen molar-refractivity contribution in [3.8, 4) is 22.8 Å². The topological polar surface area (TPSA) is 85.6 Å². The second kappa shape index (κ2) is 9.82. The number of benzene rings is 1. The Bertz CT molecular complexity index is 763. The maximum atomic E-state index is 12.5. The van der Waals surface area contributed by atoms with E-state index in [9.17, 15) is 4.79 Å². The minimum Gasteiger partial charge on any atom is -0.486 e. The Balaban J connectivity index is 0.00000131. The Morgan fingerprint density at radius 2 is 2.04 bits per heavy atom. The van der Waals surface area contributed by atoms with E-state index in [1.54, 1.807) is 0 Å². The summed E-state index contributed by atoms with van der Waals surface area (Å²) in [5, 5.41) is 6.27. The molecule has 1 fully saturated rings. The summed E-state index contributed by atoms with van der Waals surface area (Å²) < 4.78 is 16.6. The van der Waals surface area contributed by atoms with E-state index in [-0.39, 0.29) is 30.7 Å². The van der Waals surface area contributed by atoms with Crippen molar-refractivity contribution in [2.24, 2.45) is 5.92 Å². The molecule has 0 bridgehead atoms. The van der Waals surface area contributed by atoms with Gasteiger partial charge in [-0.2, -0.15) is 0 Å². The minimum absolute atomic E-state index is 0. The Morgan fingerprint density at radius 3 is 2.81 bits per heavy atom. The fraction of sp³-hybridized carbons (Fsp3) is 0.444. The number of rotatable bonds is 5. The van der Waals surface area contributed by atoms with Crippen molar-refractivity contribution >= 4 is 30.7 Å². The maximum Gasteiger partial charge on any atom is 0.273 e. The number of ether oxygens (including phenoxy) is 2. The molecule has 9 heteroatoms. The molecular weight excluding hydrogens is 393 g/mol. The number of carbonyl (C=O) groups is 1. The lowest BCUT2D eigenvalue weighted by Gasteiger charge is -2.18. The molecule has 0 aliphatic carbocycles. The van der Waals surface area contributed by atoms with Gasteiger partial charge in [0.2, 0.25) is 0 Å². The fourth-order valence-corrected chi connectivity index (χ4v) is 3.23. The Labute approximate surface area is 170 Å². The van der Waals surface area contributed by atoms with Gasteiger partial charge in [0.25, 0.3) is 5.91 Å². The van der Waals surface area contributed by atoms with Crippen LogP contribution in [0.25, 0.3) is 11.3 Å². The quantitative estimate of drug-likeness (QED) is 0.780. The van der Waals surface area contributed by atoms with Gasteiger partial charge < -0.3 is 24.5 Å². The molecule has 0 saturated carbocycles. The predicted octanol–water partition coefficient (Wildman–Crippen LogP) is 2.69. The monoisotopic (exact) mass is 415 g/mol. The van der Waals surface area contributed by atoms with Crippen molar-refractivity contribution in [3.63, 3.8) is 0 Å².